The first-order valence-electron chi connectivity index (χ1n) is 9.63. The molecule has 1 saturated heterocycles. The van der Waals surface area contributed by atoms with Crippen LogP contribution in [0.5, 0.6) is 0 Å². The molecule has 1 atom stereocenters. The fourth-order valence-electron chi connectivity index (χ4n) is 3.57. The van der Waals surface area contributed by atoms with E-state index in [0.717, 1.165) is 50.0 Å². The lowest BCUT2D eigenvalue weighted by atomic mass is 9.99. The van der Waals surface area contributed by atoms with E-state index in [4.69, 9.17) is 0 Å². The van der Waals surface area contributed by atoms with Crippen LogP contribution in [0.2, 0.25) is 0 Å². The van der Waals surface area contributed by atoms with E-state index in [0.29, 0.717) is 18.0 Å². The molecule has 0 radical (unpaired) electrons. The van der Waals surface area contributed by atoms with Crippen molar-refractivity contribution in [2.24, 2.45) is 5.92 Å². The Morgan fingerprint density at radius 2 is 1.78 bits per heavy atom. The highest BCUT2D eigenvalue weighted by molar-refractivity contribution is 5.94. The van der Waals surface area contributed by atoms with Crippen LogP contribution in [0.4, 0.5) is 4.39 Å². The molecule has 2 N–H and O–H groups in total. The van der Waals surface area contributed by atoms with Gasteiger partial charge >= 0.3 is 0 Å². The second-order valence-electron chi connectivity index (χ2n) is 7.19. The number of carbonyl (C=O) groups excluding carboxylic acids is 1. The molecular formula is C22H27FN2O2. The summed E-state index contributed by atoms with van der Waals surface area (Å²) < 4.78 is 13.0. The van der Waals surface area contributed by atoms with Crippen molar-refractivity contribution in [3.05, 3.63) is 59.9 Å². The van der Waals surface area contributed by atoms with Gasteiger partial charge in [0.05, 0.1) is 0 Å². The van der Waals surface area contributed by atoms with Gasteiger partial charge < -0.3 is 15.3 Å². The molecule has 27 heavy (non-hydrogen) atoms. The fourth-order valence-corrected chi connectivity index (χ4v) is 3.57. The monoisotopic (exact) mass is 370 g/mol. The Bertz CT molecular complexity index is 731. The number of amides is 1. The highest BCUT2D eigenvalue weighted by atomic mass is 19.1. The maximum atomic E-state index is 13.0. The van der Waals surface area contributed by atoms with E-state index in [1.165, 1.54) is 12.1 Å². The molecule has 0 saturated carbocycles. The second-order valence-corrected chi connectivity index (χ2v) is 7.19. The number of aliphatic hydroxyl groups excluding tert-OH is 1. The minimum atomic E-state index is -0.258. The van der Waals surface area contributed by atoms with Crippen LogP contribution >= 0.6 is 0 Å². The maximum absolute atomic E-state index is 13.0. The van der Waals surface area contributed by atoms with E-state index < -0.39 is 0 Å². The van der Waals surface area contributed by atoms with E-state index in [-0.39, 0.29) is 18.3 Å². The zero-order valence-electron chi connectivity index (χ0n) is 15.5. The molecule has 1 fully saturated rings. The number of hydrogen-bond donors (Lipinski definition) is 2. The normalized spacial score (nSPS) is 17.6. The van der Waals surface area contributed by atoms with E-state index in [9.17, 15) is 14.3 Å². The van der Waals surface area contributed by atoms with Crippen molar-refractivity contribution in [2.45, 2.75) is 19.3 Å². The summed E-state index contributed by atoms with van der Waals surface area (Å²) in [6.45, 7) is 3.88. The van der Waals surface area contributed by atoms with Crippen LogP contribution in [0.3, 0.4) is 0 Å². The average Bonchev–Trinajstić information content (AvgIpc) is 2.72. The first-order valence-corrected chi connectivity index (χ1v) is 9.63. The Balaban J connectivity index is 1.43. The maximum Gasteiger partial charge on any atom is 0.251 e. The number of aliphatic hydroxyl groups is 1. The molecule has 2 aromatic rings. The molecule has 2 aromatic carbocycles. The van der Waals surface area contributed by atoms with Crippen molar-refractivity contribution in [3.63, 3.8) is 0 Å². The standard InChI is InChI=1S/C22H27FN2O2/c23-21-10-8-19(9-11-21)18-4-6-20(7-5-18)22(27)24-12-2-14-25-13-1-3-17(15-25)16-26/h4-11,17,26H,1-3,12-16H2,(H,24,27). The fraction of sp³-hybridized carbons (Fsp3) is 0.409. The summed E-state index contributed by atoms with van der Waals surface area (Å²) in [7, 11) is 0. The van der Waals surface area contributed by atoms with Gasteiger partial charge in [-0.2, -0.15) is 0 Å². The Hall–Kier alpha value is -2.24. The van der Waals surface area contributed by atoms with Gasteiger partial charge in [-0.1, -0.05) is 24.3 Å². The van der Waals surface area contributed by atoms with Crippen molar-refractivity contribution in [1.29, 1.82) is 0 Å². The van der Waals surface area contributed by atoms with Gasteiger partial charge in [-0.25, -0.2) is 4.39 Å². The average molecular weight is 370 g/mol. The van der Waals surface area contributed by atoms with Gasteiger partial charge in [-0.05, 0) is 73.7 Å². The molecule has 1 aliphatic rings. The molecule has 144 valence electrons. The van der Waals surface area contributed by atoms with E-state index in [2.05, 4.69) is 10.2 Å². The Morgan fingerprint density at radius 3 is 2.44 bits per heavy atom. The van der Waals surface area contributed by atoms with Crippen LogP contribution < -0.4 is 5.32 Å². The van der Waals surface area contributed by atoms with Gasteiger partial charge in [0.15, 0.2) is 0 Å². The van der Waals surface area contributed by atoms with Crippen LogP contribution in [-0.2, 0) is 0 Å². The number of carbonyl (C=O) groups is 1. The number of likely N-dealkylation sites (tertiary alicyclic amines) is 1. The van der Waals surface area contributed by atoms with Crippen LogP contribution in [0, 0.1) is 11.7 Å². The molecule has 1 heterocycles. The minimum absolute atomic E-state index is 0.0764. The Labute approximate surface area is 160 Å². The lowest BCUT2D eigenvalue weighted by Crippen LogP contribution is -2.38. The molecule has 1 unspecified atom stereocenters. The number of rotatable bonds is 7. The SMILES string of the molecule is O=C(NCCCN1CCCC(CO)C1)c1ccc(-c2ccc(F)cc2)cc1. The van der Waals surface area contributed by atoms with Gasteiger partial charge in [0.1, 0.15) is 5.82 Å². The molecule has 1 amide bonds. The minimum Gasteiger partial charge on any atom is -0.396 e. The second kappa shape index (κ2) is 9.62. The van der Waals surface area contributed by atoms with Crippen LogP contribution in [-0.4, -0.2) is 48.7 Å². The lowest BCUT2D eigenvalue weighted by molar-refractivity contribution is 0.0946. The van der Waals surface area contributed by atoms with E-state index in [1.54, 1.807) is 24.3 Å². The van der Waals surface area contributed by atoms with E-state index >= 15 is 0 Å². The zero-order chi connectivity index (χ0) is 19.1. The first kappa shape index (κ1) is 19.5. The van der Waals surface area contributed by atoms with Crippen molar-refractivity contribution < 1.29 is 14.3 Å². The predicted octanol–water partition coefficient (Wildman–Crippen LogP) is 3.32. The zero-order valence-corrected chi connectivity index (χ0v) is 15.5. The first-order chi connectivity index (χ1) is 13.2. The number of piperidine rings is 1. The molecular weight excluding hydrogens is 343 g/mol. The molecule has 0 aromatic heterocycles. The van der Waals surface area contributed by atoms with Crippen molar-refractivity contribution in [1.82, 2.24) is 10.2 Å². The quantitative estimate of drug-likeness (QED) is 0.735. The van der Waals surface area contributed by atoms with Crippen molar-refractivity contribution in [3.8, 4) is 11.1 Å². The summed E-state index contributed by atoms with van der Waals surface area (Å²) in [4.78, 5) is 14.6. The van der Waals surface area contributed by atoms with Crippen molar-refractivity contribution >= 4 is 5.91 Å². The summed E-state index contributed by atoms with van der Waals surface area (Å²) in [5, 5.41) is 12.2. The van der Waals surface area contributed by atoms with Crippen molar-refractivity contribution in [2.75, 3.05) is 32.8 Å². The Kier molecular flexibility index (Phi) is 6.96. The Morgan fingerprint density at radius 1 is 1.11 bits per heavy atom. The molecule has 0 bridgehead atoms. The highest BCUT2D eigenvalue weighted by Gasteiger charge is 2.18. The topological polar surface area (TPSA) is 52.6 Å². The smallest absolute Gasteiger partial charge is 0.251 e. The molecule has 4 nitrogen and oxygen atoms in total. The number of hydrogen-bond acceptors (Lipinski definition) is 3. The van der Waals surface area contributed by atoms with Gasteiger partial charge in [-0.3, -0.25) is 4.79 Å². The third-order valence-electron chi connectivity index (χ3n) is 5.12. The summed E-state index contributed by atoms with van der Waals surface area (Å²) in [6.07, 6.45) is 3.15. The highest BCUT2D eigenvalue weighted by Crippen LogP contribution is 2.20. The van der Waals surface area contributed by atoms with Gasteiger partial charge in [0.2, 0.25) is 0 Å². The van der Waals surface area contributed by atoms with Gasteiger partial charge in [0, 0.05) is 25.3 Å². The van der Waals surface area contributed by atoms with Gasteiger partial charge in [-0.15, -0.1) is 0 Å². The predicted molar refractivity (Wildman–Crippen MR) is 105 cm³/mol. The molecule has 5 heteroatoms. The largest absolute Gasteiger partial charge is 0.396 e. The third-order valence-corrected chi connectivity index (χ3v) is 5.12. The summed E-state index contributed by atoms with van der Waals surface area (Å²) in [5.41, 5.74) is 2.50. The summed E-state index contributed by atoms with van der Waals surface area (Å²) in [6, 6.07) is 13.7. The molecule has 1 aliphatic heterocycles. The van der Waals surface area contributed by atoms with Crippen LogP contribution in [0.15, 0.2) is 48.5 Å². The lowest BCUT2D eigenvalue weighted by Gasteiger charge is -2.31. The summed E-state index contributed by atoms with van der Waals surface area (Å²) in [5.74, 6) is 0.0617. The van der Waals surface area contributed by atoms with Crippen LogP contribution in [0.25, 0.3) is 11.1 Å². The number of nitrogens with one attached hydrogen (secondary N) is 1. The van der Waals surface area contributed by atoms with Gasteiger partial charge in [0.25, 0.3) is 5.91 Å². The summed E-state index contributed by atoms with van der Waals surface area (Å²) >= 11 is 0. The number of halogens is 1. The third kappa shape index (κ3) is 5.62. The van der Waals surface area contributed by atoms with E-state index in [1.807, 2.05) is 12.1 Å². The molecule has 0 spiro atoms. The van der Waals surface area contributed by atoms with Crippen LogP contribution in [0.1, 0.15) is 29.6 Å². The number of nitrogens with zero attached hydrogens (tertiary/aromatic N) is 1. The number of benzene rings is 2. The molecule has 3 rings (SSSR count). The molecule has 0 aliphatic carbocycles.